The van der Waals surface area contributed by atoms with Gasteiger partial charge in [0.15, 0.2) is 11.5 Å². The Morgan fingerprint density at radius 2 is 0.978 bits per heavy atom. The Kier molecular flexibility index (Phi) is 13.2. The van der Waals surface area contributed by atoms with Gasteiger partial charge in [0, 0.05) is 0 Å². The van der Waals surface area contributed by atoms with Crippen molar-refractivity contribution in [1.29, 1.82) is 0 Å². The van der Waals surface area contributed by atoms with E-state index < -0.39 is 46.5 Å². The van der Waals surface area contributed by atoms with Crippen molar-refractivity contribution in [2.75, 3.05) is 13.2 Å². The van der Waals surface area contributed by atoms with Gasteiger partial charge in [0.25, 0.3) is 0 Å². The number of hydrogen-bond acceptors (Lipinski definition) is 8. The minimum absolute atomic E-state index is 0.101. The summed E-state index contributed by atoms with van der Waals surface area (Å²) < 4.78 is 21.4. The smallest absolute Gasteiger partial charge is 0.423 e. The van der Waals surface area contributed by atoms with E-state index in [4.69, 9.17) is 88.6 Å². The van der Waals surface area contributed by atoms with E-state index in [1.807, 2.05) is 13.8 Å². The van der Waals surface area contributed by atoms with Crippen molar-refractivity contribution in [3.8, 4) is 11.5 Å². The third-order valence-corrected chi connectivity index (χ3v) is 10.9. The lowest BCUT2D eigenvalue weighted by molar-refractivity contribution is -0.156. The van der Waals surface area contributed by atoms with Crippen molar-refractivity contribution < 1.29 is 38.1 Å². The van der Waals surface area contributed by atoms with Crippen LogP contribution in [0.4, 0.5) is 0 Å². The maximum absolute atomic E-state index is 13.2. The van der Waals surface area contributed by atoms with Crippen LogP contribution in [0.3, 0.4) is 0 Å². The molecule has 2 aliphatic rings. The minimum Gasteiger partial charge on any atom is -0.462 e. The first kappa shape index (κ1) is 36.9. The van der Waals surface area contributed by atoms with Gasteiger partial charge in [-0.05, 0) is 48.6 Å². The lowest BCUT2D eigenvalue weighted by Crippen LogP contribution is -2.29. The van der Waals surface area contributed by atoms with E-state index in [0.717, 1.165) is 63.5 Å². The number of hydrogen-bond donors (Lipinski definition) is 0. The highest BCUT2D eigenvalue weighted by Crippen LogP contribution is 2.43. The van der Waals surface area contributed by atoms with E-state index in [0.29, 0.717) is 11.8 Å². The van der Waals surface area contributed by atoms with E-state index in [-0.39, 0.29) is 55.2 Å². The van der Waals surface area contributed by atoms with Gasteiger partial charge in [-0.2, -0.15) is 0 Å². The van der Waals surface area contributed by atoms with Gasteiger partial charge in [0.05, 0.1) is 43.3 Å². The predicted molar refractivity (Wildman–Crippen MR) is 177 cm³/mol. The quantitative estimate of drug-likeness (QED) is 0.0912. The Balaban J connectivity index is 1.53. The van der Waals surface area contributed by atoms with Crippen LogP contribution in [0.1, 0.15) is 85.9 Å². The fourth-order valence-electron chi connectivity index (χ4n) is 5.50. The molecule has 250 valence electrons. The molecule has 4 rings (SSSR count). The highest BCUT2D eigenvalue weighted by Gasteiger charge is 2.34. The average Bonchev–Trinajstić information content (AvgIpc) is 2.96. The fourth-order valence-corrected chi connectivity index (χ4v) is 6.94. The summed E-state index contributed by atoms with van der Waals surface area (Å²) in [5, 5.41) is -1.42. The van der Waals surface area contributed by atoms with Crippen LogP contribution >= 0.6 is 69.6 Å². The Labute approximate surface area is 297 Å². The van der Waals surface area contributed by atoms with Crippen molar-refractivity contribution in [3.63, 3.8) is 0 Å². The molecular formula is C32H32Cl6O8. The monoisotopic (exact) mass is 754 g/mol. The fraction of sp³-hybridized carbons (Fsp3) is 0.500. The standard InChI is InChI=1S/C32H32Cl6O8/c1-3-15(17-7-5-8-17)13-43-29(39)23-25(37)19(33)11-21(35)27(23)45-31(41)32(42)46-28-22(36)12-20(34)26(38)24(28)30(40)44-14-16(4-2)18-9-6-10-18/h11-12,15-18H,3-10,13-14H2,1-2H3. The minimum atomic E-state index is -1.63. The zero-order chi connectivity index (χ0) is 33.7. The van der Waals surface area contributed by atoms with Crippen molar-refractivity contribution in [2.45, 2.75) is 65.2 Å². The van der Waals surface area contributed by atoms with Gasteiger partial charge in [-0.3, -0.25) is 0 Å². The molecule has 0 heterocycles. The molecule has 2 aromatic rings. The van der Waals surface area contributed by atoms with E-state index in [1.165, 1.54) is 0 Å². The zero-order valence-corrected chi connectivity index (χ0v) is 29.6. The molecule has 0 N–H and O–H groups in total. The summed E-state index contributed by atoms with van der Waals surface area (Å²) in [6, 6.07) is 2.27. The first-order valence-electron chi connectivity index (χ1n) is 15.0. The summed E-state index contributed by atoms with van der Waals surface area (Å²) in [5.74, 6) is -5.15. The molecule has 0 aliphatic heterocycles. The lowest BCUT2D eigenvalue weighted by atomic mass is 9.75. The Bertz CT molecular complexity index is 1390. The highest BCUT2D eigenvalue weighted by molar-refractivity contribution is 6.47. The van der Waals surface area contributed by atoms with Crippen LogP contribution in [0.25, 0.3) is 0 Å². The maximum Gasteiger partial charge on any atom is 0.423 e. The number of carbonyl (C=O) groups is 4. The molecule has 2 unspecified atom stereocenters. The Hall–Kier alpha value is -1.94. The molecule has 0 saturated heterocycles. The molecule has 0 radical (unpaired) electrons. The highest BCUT2D eigenvalue weighted by atomic mass is 35.5. The number of esters is 4. The predicted octanol–water partition coefficient (Wildman–Crippen LogP) is 10.1. The number of halogens is 6. The van der Waals surface area contributed by atoms with E-state index in [1.54, 1.807) is 0 Å². The molecule has 0 amide bonds. The zero-order valence-electron chi connectivity index (χ0n) is 25.1. The molecule has 2 aliphatic carbocycles. The SMILES string of the molecule is CCC(COC(=O)c1c(Cl)c(Cl)cc(Cl)c1OC(=O)C(=O)Oc1c(Cl)cc(Cl)c(Cl)c1C(=O)OCC(CC)C1CCC1)C1CCC1. The normalized spacial score (nSPS) is 16.1. The Morgan fingerprint density at radius 1 is 0.630 bits per heavy atom. The number of rotatable bonds is 12. The van der Waals surface area contributed by atoms with Crippen molar-refractivity contribution in [3.05, 3.63) is 53.4 Å². The Morgan fingerprint density at radius 3 is 1.26 bits per heavy atom. The number of carbonyl (C=O) groups excluding carboxylic acids is 4. The third-order valence-electron chi connectivity index (χ3n) is 8.76. The van der Waals surface area contributed by atoms with Gasteiger partial charge in [-0.25, -0.2) is 19.2 Å². The van der Waals surface area contributed by atoms with Crippen molar-refractivity contribution >= 4 is 93.5 Å². The molecule has 2 fully saturated rings. The van der Waals surface area contributed by atoms with Crippen LogP contribution in [-0.4, -0.2) is 37.1 Å². The second kappa shape index (κ2) is 16.4. The molecule has 14 heteroatoms. The molecule has 0 aromatic heterocycles. The first-order chi connectivity index (χ1) is 21.9. The van der Waals surface area contributed by atoms with Gasteiger partial charge < -0.3 is 18.9 Å². The van der Waals surface area contributed by atoms with Gasteiger partial charge in [-0.1, -0.05) is 122 Å². The summed E-state index contributed by atoms with van der Waals surface area (Å²) in [4.78, 5) is 52.4. The van der Waals surface area contributed by atoms with E-state index >= 15 is 0 Å². The van der Waals surface area contributed by atoms with Crippen LogP contribution in [-0.2, 0) is 19.1 Å². The van der Waals surface area contributed by atoms with Crippen molar-refractivity contribution in [2.24, 2.45) is 23.7 Å². The van der Waals surface area contributed by atoms with Gasteiger partial charge >= 0.3 is 23.9 Å². The maximum atomic E-state index is 13.2. The second-order valence-corrected chi connectivity index (χ2v) is 13.8. The van der Waals surface area contributed by atoms with E-state index in [9.17, 15) is 19.2 Å². The van der Waals surface area contributed by atoms with Crippen molar-refractivity contribution in [1.82, 2.24) is 0 Å². The topological polar surface area (TPSA) is 105 Å². The summed E-state index contributed by atoms with van der Waals surface area (Å²) in [6.07, 6.45) is 8.03. The molecular weight excluding hydrogens is 725 g/mol. The molecule has 8 nitrogen and oxygen atoms in total. The number of benzene rings is 2. The molecule has 46 heavy (non-hydrogen) atoms. The van der Waals surface area contributed by atoms with Crippen LogP contribution in [0.15, 0.2) is 12.1 Å². The summed E-state index contributed by atoms with van der Waals surface area (Å²) >= 11 is 37.5. The molecule has 2 saturated carbocycles. The van der Waals surface area contributed by atoms with Gasteiger partial charge in [0.1, 0.15) is 11.1 Å². The summed E-state index contributed by atoms with van der Waals surface area (Å²) in [6.45, 7) is 4.21. The van der Waals surface area contributed by atoms with E-state index in [2.05, 4.69) is 0 Å². The molecule has 2 aromatic carbocycles. The average molecular weight is 757 g/mol. The third kappa shape index (κ3) is 8.37. The van der Waals surface area contributed by atoms with Gasteiger partial charge in [-0.15, -0.1) is 0 Å². The van der Waals surface area contributed by atoms with Gasteiger partial charge in [0.2, 0.25) is 0 Å². The van der Waals surface area contributed by atoms with Crippen LogP contribution in [0.2, 0.25) is 30.1 Å². The summed E-state index contributed by atoms with van der Waals surface area (Å²) in [7, 11) is 0. The second-order valence-electron chi connectivity index (χ2n) is 11.4. The van der Waals surface area contributed by atoms with Crippen LogP contribution in [0.5, 0.6) is 11.5 Å². The molecule has 0 bridgehead atoms. The number of ether oxygens (including phenoxy) is 4. The molecule has 0 spiro atoms. The lowest BCUT2D eigenvalue weighted by Gasteiger charge is -2.32. The molecule has 2 atom stereocenters. The summed E-state index contributed by atoms with van der Waals surface area (Å²) in [5.41, 5.74) is -0.893. The largest absolute Gasteiger partial charge is 0.462 e. The first-order valence-corrected chi connectivity index (χ1v) is 17.3. The van der Waals surface area contributed by atoms with Crippen LogP contribution in [0, 0.1) is 23.7 Å². The van der Waals surface area contributed by atoms with Crippen LogP contribution < -0.4 is 9.47 Å².